The lowest BCUT2D eigenvalue weighted by Crippen LogP contribution is -2.43. The second kappa shape index (κ2) is 9.78. The molecule has 1 fully saturated rings. The van der Waals surface area contributed by atoms with Crippen molar-refractivity contribution in [2.75, 3.05) is 20.1 Å². The maximum atomic E-state index is 13.1. The predicted molar refractivity (Wildman–Crippen MR) is 133 cm³/mol. The lowest BCUT2D eigenvalue weighted by molar-refractivity contribution is -0.137. The number of hydrogen-bond donors (Lipinski definition) is 1. The van der Waals surface area contributed by atoms with Crippen molar-refractivity contribution in [1.82, 2.24) is 19.8 Å². The van der Waals surface area contributed by atoms with Gasteiger partial charge in [0.15, 0.2) is 0 Å². The number of pyridine rings is 1. The molecule has 2 aromatic heterocycles. The molecule has 5 nitrogen and oxygen atoms in total. The van der Waals surface area contributed by atoms with E-state index in [2.05, 4.69) is 22.2 Å². The molecule has 5 rings (SSSR count). The first kappa shape index (κ1) is 24.1. The monoisotopic (exact) mass is 492 g/mol. The molecule has 1 amide bonds. The molecule has 0 atom stereocenters. The van der Waals surface area contributed by atoms with Crippen molar-refractivity contribution in [2.24, 2.45) is 0 Å². The fourth-order valence-corrected chi connectivity index (χ4v) is 4.78. The van der Waals surface area contributed by atoms with E-state index in [1.165, 1.54) is 12.1 Å². The van der Waals surface area contributed by atoms with Gasteiger partial charge in [-0.1, -0.05) is 24.3 Å². The number of carbonyl (C=O) groups excluding carboxylic acids is 1. The van der Waals surface area contributed by atoms with Crippen LogP contribution in [0.25, 0.3) is 16.7 Å². The highest BCUT2D eigenvalue weighted by atomic mass is 19.4. The number of halogens is 3. The Balaban J connectivity index is 1.39. The van der Waals surface area contributed by atoms with Gasteiger partial charge in [0, 0.05) is 29.4 Å². The SMILES string of the molecule is CN1CCC(NC(=O)c2cccc3c2ccn3-c2cc(Cc3cccc(C(F)(F)F)c3)ccn2)CC1. The summed E-state index contributed by atoms with van der Waals surface area (Å²) in [5.41, 5.74) is 2.22. The average Bonchev–Trinajstić information content (AvgIpc) is 3.30. The van der Waals surface area contributed by atoms with E-state index in [0.29, 0.717) is 23.4 Å². The third kappa shape index (κ3) is 5.14. The van der Waals surface area contributed by atoms with Gasteiger partial charge in [-0.2, -0.15) is 13.2 Å². The van der Waals surface area contributed by atoms with Crippen LogP contribution >= 0.6 is 0 Å². The Morgan fingerprint density at radius 2 is 1.78 bits per heavy atom. The highest BCUT2D eigenvalue weighted by Crippen LogP contribution is 2.30. The summed E-state index contributed by atoms with van der Waals surface area (Å²) in [5, 5.41) is 4.00. The number of piperidine rings is 1. The molecule has 0 aliphatic carbocycles. The van der Waals surface area contributed by atoms with Crippen LogP contribution in [0.1, 0.15) is 39.9 Å². The summed E-state index contributed by atoms with van der Waals surface area (Å²) in [6.07, 6.45) is 1.36. The van der Waals surface area contributed by atoms with Crippen LogP contribution < -0.4 is 5.32 Å². The van der Waals surface area contributed by atoms with Crippen molar-refractivity contribution in [3.05, 3.63) is 95.3 Å². The summed E-state index contributed by atoms with van der Waals surface area (Å²) in [7, 11) is 2.09. The van der Waals surface area contributed by atoms with Gasteiger partial charge in [-0.05, 0) is 86.9 Å². The van der Waals surface area contributed by atoms with Crippen LogP contribution in [0.4, 0.5) is 13.2 Å². The lowest BCUT2D eigenvalue weighted by atomic mass is 10.0. The van der Waals surface area contributed by atoms with Crippen molar-refractivity contribution in [2.45, 2.75) is 31.5 Å². The normalized spacial score (nSPS) is 15.3. The number of nitrogens with one attached hydrogen (secondary N) is 1. The zero-order valence-electron chi connectivity index (χ0n) is 19.9. The van der Waals surface area contributed by atoms with Crippen molar-refractivity contribution in [3.8, 4) is 5.82 Å². The molecule has 1 saturated heterocycles. The summed E-state index contributed by atoms with van der Waals surface area (Å²) in [5.74, 6) is 0.557. The third-order valence-corrected chi connectivity index (χ3v) is 6.75. The molecule has 0 radical (unpaired) electrons. The van der Waals surface area contributed by atoms with Crippen molar-refractivity contribution >= 4 is 16.8 Å². The number of likely N-dealkylation sites (tertiary alicyclic amines) is 1. The number of rotatable bonds is 5. The summed E-state index contributed by atoms with van der Waals surface area (Å²) < 4.78 is 41.2. The quantitative estimate of drug-likeness (QED) is 0.403. The van der Waals surface area contributed by atoms with Crippen molar-refractivity contribution in [1.29, 1.82) is 0 Å². The van der Waals surface area contributed by atoms with Crippen LogP contribution in [0, 0.1) is 0 Å². The highest BCUT2D eigenvalue weighted by Gasteiger charge is 2.30. The van der Waals surface area contributed by atoms with Gasteiger partial charge in [0.05, 0.1) is 11.1 Å². The van der Waals surface area contributed by atoms with Crippen LogP contribution in [0.3, 0.4) is 0 Å². The van der Waals surface area contributed by atoms with E-state index in [9.17, 15) is 18.0 Å². The van der Waals surface area contributed by atoms with E-state index >= 15 is 0 Å². The topological polar surface area (TPSA) is 50.2 Å². The number of alkyl halides is 3. The fraction of sp³-hybridized carbons (Fsp3) is 0.286. The number of carbonyl (C=O) groups is 1. The number of aromatic nitrogens is 2. The van der Waals surface area contributed by atoms with Gasteiger partial charge in [0.25, 0.3) is 5.91 Å². The first-order valence-electron chi connectivity index (χ1n) is 12.0. The Hall–Kier alpha value is -3.65. The molecule has 1 aliphatic heterocycles. The van der Waals surface area contributed by atoms with Crippen LogP contribution in [0.2, 0.25) is 0 Å². The average molecular weight is 493 g/mol. The summed E-state index contributed by atoms with van der Waals surface area (Å²) in [4.78, 5) is 19.8. The minimum atomic E-state index is -4.37. The summed E-state index contributed by atoms with van der Waals surface area (Å²) >= 11 is 0. The largest absolute Gasteiger partial charge is 0.416 e. The molecule has 0 saturated carbocycles. The summed E-state index contributed by atoms with van der Waals surface area (Å²) in [6.45, 7) is 1.93. The van der Waals surface area contributed by atoms with E-state index in [0.717, 1.165) is 48.5 Å². The second-order valence-corrected chi connectivity index (χ2v) is 9.37. The molecular formula is C28H27F3N4O. The van der Waals surface area contributed by atoms with Crippen LogP contribution in [0.15, 0.2) is 73.1 Å². The Kier molecular flexibility index (Phi) is 6.53. The van der Waals surface area contributed by atoms with Gasteiger partial charge in [-0.25, -0.2) is 4.98 Å². The molecule has 1 N–H and O–H groups in total. The number of amides is 1. The molecule has 8 heteroatoms. The fourth-order valence-electron chi connectivity index (χ4n) is 4.78. The van der Waals surface area contributed by atoms with Crippen molar-refractivity contribution < 1.29 is 18.0 Å². The zero-order chi connectivity index (χ0) is 25.3. The Bertz CT molecular complexity index is 1390. The minimum Gasteiger partial charge on any atom is -0.349 e. The van der Waals surface area contributed by atoms with E-state index in [4.69, 9.17) is 0 Å². The van der Waals surface area contributed by atoms with Gasteiger partial charge in [0.1, 0.15) is 5.82 Å². The molecule has 36 heavy (non-hydrogen) atoms. The summed E-state index contributed by atoms with van der Waals surface area (Å²) in [6, 6.07) is 16.7. The van der Waals surface area contributed by atoms with Gasteiger partial charge >= 0.3 is 6.18 Å². The molecule has 0 spiro atoms. The predicted octanol–water partition coefficient (Wildman–Crippen LogP) is 5.46. The smallest absolute Gasteiger partial charge is 0.349 e. The van der Waals surface area contributed by atoms with Gasteiger partial charge in [-0.3, -0.25) is 4.79 Å². The third-order valence-electron chi connectivity index (χ3n) is 6.75. The highest BCUT2D eigenvalue weighted by molar-refractivity contribution is 6.07. The van der Waals surface area contributed by atoms with Crippen molar-refractivity contribution in [3.63, 3.8) is 0 Å². The van der Waals surface area contributed by atoms with E-state index in [-0.39, 0.29) is 11.9 Å². The molecule has 2 aromatic carbocycles. The van der Waals surface area contributed by atoms with E-state index < -0.39 is 11.7 Å². The van der Waals surface area contributed by atoms with E-state index in [1.54, 1.807) is 18.3 Å². The number of hydrogen-bond acceptors (Lipinski definition) is 3. The van der Waals surface area contributed by atoms with Crippen LogP contribution in [-0.2, 0) is 12.6 Å². The number of fused-ring (bicyclic) bond motifs is 1. The molecular weight excluding hydrogens is 465 g/mol. The Morgan fingerprint density at radius 1 is 1.03 bits per heavy atom. The maximum absolute atomic E-state index is 13.1. The first-order valence-corrected chi connectivity index (χ1v) is 12.0. The zero-order valence-corrected chi connectivity index (χ0v) is 19.9. The maximum Gasteiger partial charge on any atom is 0.416 e. The van der Waals surface area contributed by atoms with E-state index in [1.807, 2.05) is 41.1 Å². The van der Waals surface area contributed by atoms with Crippen LogP contribution in [0.5, 0.6) is 0 Å². The van der Waals surface area contributed by atoms with Gasteiger partial charge < -0.3 is 14.8 Å². The molecule has 3 heterocycles. The number of nitrogens with zero attached hydrogens (tertiary/aromatic N) is 3. The van der Waals surface area contributed by atoms with Crippen LogP contribution in [-0.4, -0.2) is 46.5 Å². The number of benzene rings is 2. The lowest BCUT2D eigenvalue weighted by Gasteiger charge is -2.29. The van der Waals surface area contributed by atoms with Gasteiger partial charge in [-0.15, -0.1) is 0 Å². The Labute approximate surface area is 207 Å². The molecule has 0 unspecified atom stereocenters. The molecule has 1 aliphatic rings. The standard InChI is InChI=1S/C28H27F3N4O/c1-34-13-9-22(10-14-34)33-27(36)24-6-3-7-25-23(24)11-15-35(25)26-18-20(8-12-32-26)16-19-4-2-5-21(17-19)28(29,30)31/h2-8,11-12,15,17-18,22H,9-10,13-14,16H2,1H3,(H,33,36). The first-order chi connectivity index (χ1) is 17.3. The Morgan fingerprint density at radius 3 is 2.56 bits per heavy atom. The molecule has 186 valence electrons. The van der Waals surface area contributed by atoms with Gasteiger partial charge in [0.2, 0.25) is 0 Å². The molecule has 0 bridgehead atoms. The minimum absolute atomic E-state index is 0.0841. The molecule has 4 aromatic rings. The second-order valence-electron chi connectivity index (χ2n) is 9.37.